The van der Waals surface area contributed by atoms with E-state index in [1.165, 1.54) is 12.1 Å². The number of hydrogen-bond donors (Lipinski definition) is 2. The third kappa shape index (κ3) is 3.65. The monoisotopic (exact) mass is 338 g/mol. The van der Waals surface area contributed by atoms with Crippen LogP contribution in [0.25, 0.3) is 11.0 Å². The molecule has 7 nitrogen and oxygen atoms in total. The minimum Gasteiger partial charge on any atom is -0.348 e. The molecule has 0 fully saturated rings. The Morgan fingerprint density at radius 1 is 1.28 bits per heavy atom. The predicted octanol–water partition coefficient (Wildman–Crippen LogP) is 3.28. The molecule has 1 aromatic heterocycles. The van der Waals surface area contributed by atoms with Gasteiger partial charge >= 0.3 is 0 Å². The molecule has 128 valence electrons. The van der Waals surface area contributed by atoms with Gasteiger partial charge in [-0.05, 0) is 18.1 Å². The highest BCUT2D eigenvalue weighted by Gasteiger charge is 2.18. The molecule has 0 aliphatic heterocycles. The summed E-state index contributed by atoms with van der Waals surface area (Å²) in [4.78, 5) is 30.2. The SMILES string of the molecule is CCC(C(=O)NCc1nc2ccc([N+](=O)[O-])cc2[nH]1)c1ccccc1. The Balaban J connectivity index is 1.71. The van der Waals surface area contributed by atoms with Crippen molar-refractivity contribution in [3.8, 4) is 0 Å². The molecule has 0 spiro atoms. The molecule has 2 N–H and O–H groups in total. The predicted molar refractivity (Wildman–Crippen MR) is 94.1 cm³/mol. The van der Waals surface area contributed by atoms with Crippen LogP contribution in [-0.4, -0.2) is 20.8 Å². The maximum absolute atomic E-state index is 12.5. The fourth-order valence-corrected chi connectivity index (χ4v) is 2.80. The molecule has 25 heavy (non-hydrogen) atoms. The van der Waals surface area contributed by atoms with E-state index < -0.39 is 4.92 Å². The molecule has 0 bridgehead atoms. The molecule has 0 radical (unpaired) electrons. The number of H-pyrrole nitrogens is 1. The number of imidazole rings is 1. The van der Waals surface area contributed by atoms with Crippen molar-refractivity contribution in [2.24, 2.45) is 0 Å². The highest BCUT2D eigenvalue weighted by atomic mass is 16.6. The average molecular weight is 338 g/mol. The number of fused-ring (bicyclic) bond motifs is 1. The molecule has 1 unspecified atom stereocenters. The second-order valence-corrected chi connectivity index (χ2v) is 5.73. The quantitative estimate of drug-likeness (QED) is 0.532. The van der Waals surface area contributed by atoms with Gasteiger partial charge < -0.3 is 10.3 Å². The summed E-state index contributed by atoms with van der Waals surface area (Å²) >= 11 is 0. The number of carbonyl (C=O) groups is 1. The second kappa shape index (κ2) is 7.12. The van der Waals surface area contributed by atoms with E-state index in [0.29, 0.717) is 23.3 Å². The number of aromatic nitrogens is 2. The molecule has 1 amide bonds. The van der Waals surface area contributed by atoms with Crippen molar-refractivity contribution >= 4 is 22.6 Å². The first-order chi connectivity index (χ1) is 12.1. The Labute approximate surface area is 144 Å². The molecule has 3 rings (SSSR count). The fourth-order valence-electron chi connectivity index (χ4n) is 2.80. The Hall–Kier alpha value is -3.22. The molecule has 0 saturated heterocycles. The number of nitrogens with one attached hydrogen (secondary N) is 2. The summed E-state index contributed by atoms with van der Waals surface area (Å²) in [5.41, 5.74) is 2.18. The Morgan fingerprint density at radius 2 is 2.04 bits per heavy atom. The second-order valence-electron chi connectivity index (χ2n) is 5.73. The van der Waals surface area contributed by atoms with Crippen LogP contribution in [0.3, 0.4) is 0 Å². The highest BCUT2D eigenvalue weighted by molar-refractivity contribution is 5.83. The summed E-state index contributed by atoms with van der Waals surface area (Å²) in [5, 5.41) is 13.7. The summed E-state index contributed by atoms with van der Waals surface area (Å²) in [6.45, 7) is 2.21. The van der Waals surface area contributed by atoms with Gasteiger partial charge in [0.15, 0.2) is 0 Å². The van der Waals surface area contributed by atoms with E-state index in [1.54, 1.807) is 6.07 Å². The van der Waals surface area contributed by atoms with Crippen LogP contribution in [0.15, 0.2) is 48.5 Å². The number of carbonyl (C=O) groups excluding carboxylic acids is 1. The van der Waals surface area contributed by atoms with Crippen molar-refractivity contribution in [3.63, 3.8) is 0 Å². The number of non-ortho nitro benzene ring substituents is 1. The van der Waals surface area contributed by atoms with E-state index in [1.807, 2.05) is 37.3 Å². The van der Waals surface area contributed by atoms with Gasteiger partial charge in [-0.25, -0.2) is 4.98 Å². The zero-order chi connectivity index (χ0) is 17.8. The van der Waals surface area contributed by atoms with Crippen molar-refractivity contribution in [3.05, 3.63) is 70.0 Å². The summed E-state index contributed by atoms with van der Waals surface area (Å²) in [7, 11) is 0. The summed E-state index contributed by atoms with van der Waals surface area (Å²) in [6, 6.07) is 14.1. The first-order valence-electron chi connectivity index (χ1n) is 8.04. The van der Waals surface area contributed by atoms with Gasteiger partial charge in [0.25, 0.3) is 5.69 Å². The van der Waals surface area contributed by atoms with Crippen molar-refractivity contribution in [1.82, 2.24) is 15.3 Å². The summed E-state index contributed by atoms with van der Waals surface area (Å²) in [6.07, 6.45) is 0.697. The normalized spacial score (nSPS) is 12.0. The fraction of sp³-hybridized carbons (Fsp3) is 0.222. The largest absolute Gasteiger partial charge is 0.348 e. The third-order valence-corrected chi connectivity index (χ3v) is 4.08. The minimum atomic E-state index is -0.451. The number of rotatable bonds is 6. The van der Waals surface area contributed by atoms with E-state index in [0.717, 1.165) is 5.56 Å². The molecule has 7 heteroatoms. The van der Waals surface area contributed by atoms with Gasteiger partial charge in [0.1, 0.15) is 5.82 Å². The number of aromatic amines is 1. The van der Waals surface area contributed by atoms with Crippen LogP contribution in [0.1, 0.15) is 30.7 Å². The van der Waals surface area contributed by atoms with E-state index in [2.05, 4.69) is 15.3 Å². The van der Waals surface area contributed by atoms with Crippen LogP contribution in [0, 0.1) is 10.1 Å². The van der Waals surface area contributed by atoms with E-state index in [9.17, 15) is 14.9 Å². The number of amides is 1. The Morgan fingerprint density at radius 3 is 2.72 bits per heavy atom. The lowest BCUT2D eigenvalue weighted by atomic mass is 9.96. The molecule has 0 aliphatic rings. The maximum Gasteiger partial charge on any atom is 0.271 e. The topological polar surface area (TPSA) is 101 Å². The summed E-state index contributed by atoms with van der Waals surface area (Å²) < 4.78 is 0. The summed E-state index contributed by atoms with van der Waals surface area (Å²) in [5.74, 6) is 0.276. The van der Waals surface area contributed by atoms with Gasteiger partial charge in [-0.2, -0.15) is 0 Å². The van der Waals surface area contributed by atoms with Crippen LogP contribution in [0.2, 0.25) is 0 Å². The van der Waals surface area contributed by atoms with E-state index in [4.69, 9.17) is 0 Å². The van der Waals surface area contributed by atoms with Gasteiger partial charge in [0.05, 0.1) is 28.4 Å². The van der Waals surface area contributed by atoms with Crippen LogP contribution >= 0.6 is 0 Å². The van der Waals surface area contributed by atoms with Gasteiger partial charge in [-0.3, -0.25) is 14.9 Å². The molecule has 1 atom stereocenters. The maximum atomic E-state index is 12.5. The van der Waals surface area contributed by atoms with Crippen LogP contribution in [-0.2, 0) is 11.3 Å². The van der Waals surface area contributed by atoms with Crippen LogP contribution < -0.4 is 5.32 Å². The van der Waals surface area contributed by atoms with Crippen molar-refractivity contribution < 1.29 is 9.72 Å². The van der Waals surface area contributed by atoms with Crippen LogP contribution in [0.4, 0.5) is 5.69 Å². The minimum absolute atomic E-state index is 0.00172. The van der Waals surface area contributed by atoms with Crippen LogP contribution in [0.5, 0.6) is 0 Å². The Bertz CT molecular complexity index is 905. The first-order valence-corrected chi connectivity index (χ1v) is 8.04. The molecular weight excluding hydrogens is 320 g/mol. The lowest BCUT2D eigenvalue weighted by Crippen LogP contribution is -2.29. The number of nitro groups is 1. The zero-order valence-corrected chi connectivity index (χ0v) is 13.7. The standard InChI is InChI=1S/C18H18N4O3/c1-2-14(12-6-4-3-5-7-12)18(23)19-11-17-20-15-9-8-13(22(24)25)10-16(15)21-17/h3-10,14H,2,11H2,1H3,(H,19,23)(H,20,21). The Kier molecular flexibility index (Phi) is 4.74. The highest BCUT2D eigenvalue weighted by Crippen LogP contribution is 2.20. The van der Waals surface area contributed by atoms with Crippen molar-refractivity contribution in [2.75, 3.05) is 0 Å². The number of nitro benzene ring substituents is 1. The van der Waals surface area contributed by atoms with Gasteiger partial charge in [0.2, 0.25) is 5.91 Å². The molecular formula is C18H18N4O3. The van der Waals surface area contributed by atoms with Gasteiger partial charge in [-0.1, -0.05) is 37.3 Å². The van der Waals surface area contributed by atoms with Crippen molar-refractivity contribution in [2.45, 2.75) is 25.8 Å². The molecule has 2 aromatic carbocycles. The number of benzene rings is 2. The van der Waals surface area contributed by atoms with Gasteiger partial charge in [0, 0.05) is 12.1 Å². The van der Waals surface area contributed by atoms with E-state index >= 15 is 0 Å². The smallest absolute Gasteiger partial charge is 0.271 e. The first kappa shape index (κ1) is 16.6. The molecule has 3 aromatic rings. The third-order valence-electron chi connectivity index (χ3n) is 4.08. The molecule has 0 aliphatic carbocycles. The zero-order valence-electron chi connectivity index (χ0n) is 13.7. The average Bonchev–Trinajstić information content (AvgIpc) is 3.03. The number of hydrogen-bond acceptors (Lipinski definition) is 4. The van der Waals surface area contributed by atoms with Gasteiger partial charge in [-0.15, -0.1) is 0 Å². The van der Waals surface area contributed by atoms with E-state index in [-0.39, 0.29) is 24.1 Å². The molecule has 0 saturated carbocycles. The number of nitrogens with zero attached hydrogens (tertiary/aromatic N) is 2. The van der Waals surface area contributed by atoms with Crippen molar-refractivity contribution in [1.29, 1.82) is 0 Å². The lowest BCUT2D eigenvalue weighted by Gasteiger charge is -2.14. The lowest BCUT2D eigenvalue weighted by molar-refractivity contribution is -0.384. The molecule has 1 heterocycles.